The van der Waals surface area contributed by atoms with E-state index in [1.165, 1.54) is 7.11 Å². The summed E-state index contributed by atoms with van der Waals surface area (Å²) in [6.07, 6.45) is 2.45. The largest absolute Gasteiger partial charge is 0.469 e. The van der Waals surface area contributed by atoms with Crippen LogP contribution in [0.25, 0.3) is 0 Å². The van der Waals surface area contributed by atoms with Gasteiger partial charge in [0.05, 0.1) is 13.7 Å². The number of carbonyl (C=O) groups is 2. The van der Waals surface area contributed by atoms with E-state index in [-0.39, 0.29) is 24.3 Å². The van der Waals surface area contributed by atoms with Crippen LogP contribution < -0.4 is 11.1 Å². The topological polar surface area (TPSA) is 84.7 Å². The number of piperidine rings is 1. The van der Waals surface area contributed by atoms with Crippen LogP contribution in [0.15, 0.2) is 0 Å². The van der Waals surface area contributed by atoms with Crippen molar-refractivity contribution >= 4 is 11.9 Å². The molecule has 1 saturated heterocycles. The van der Waals surface area contributed by atoms with Gasteiger partial charge in [-0.15, -0.1) is 0 Å². The Morgan fingerprint density at radius 2 is 2.10 bits per heavy atom. The third-order valence-corrected chi connectivity index (χ3v) is 3.83. The van der Waals surface area contributed by atoms with Gasteiger partial charge in [-0.3, -0.25) is 14.5 Å². The molecule has 1 amide bonds. The second kappa shape index (κ2) is 9.00. The van der Waals surface area contributed by atoms with E-state index < -0.39 is 0 Å². The fourth-order valence-electron chi connectivity index (χ4n) is 2.84. The van der Waals surface area contributed by atoms with Crippen molar-refractivity contribution in [3.63, 3.8) is 0 Å². The molecule has 0 bridgehead atoms. The molecule has 0 spiro atoms. The molecule has 0 saturated carbocycles. The summed E-state index contributed by atoms with van der Waals surface area (Å²) in [6.45, 7) is 7.13. The van der Waals surface area contributed by atoms with Crippen molar-refractivity contribution in [2.24, 2.45) is 17.6 Å². The predicted octanol–water partition coefficient (Wildman–Crippen LogP) is 0.361. The van der Waals surface area contributed by atoms with Crippen molar-refractivity contribution in [2.75, 3.05) is 33.3 Å². The van der Waals surface area contributed by atoms with E-state index in [1.54, 1.807) is 0 Å². The summed E-state index contributed by atoms with van der Waals surface area (Å²) in [7, 11) is 1.41. The number of nitrogens with zero attached hydrogens (tertiary/aromatic N) is 1. The number of esters is 1. The first-order chi connectivity index (χ1) is 9.90. The molecule has 0 radical (unpaired) electrons. The molecule has 122 valence electrons. The number of primary amides is 1. The van der Waals surface area contributed by atoms with Crippen LogP contribution >= 0.6 is 0 Å². The lowest BCUT2D eigenvalue weighted by Gasteiger charge is -2.37. The van der Waals surface area contributed by atoms with Gasteiger partial charge in [0.2, 0.25) is 5.91 Å². The maximum Gasteiger partial charge on any atom is 0.305 e. The summed E-state index contributed by atoms with van der Waals surface area (Å²) in [6, 6.07) is 0.298. The SMILES string of the molecule is COC(=O)CC1CC(NCCC(C)C)CN(CC(N)=O)C1. The summed E-state index contributed by atoms with van der Waals surface area (Å²) in [5, 5.41) is 3.53. The third kappa shape index (κ3) is 7.43. The molecule has 1 aliphatic rings. The lowest BCUT2D eigenvalue weighted by atomic mass is 9.91. The monoisotopic (exact) mass is 299 g/mol. The lowest BCUT2D eigenvalue weighted by molar-refractivity contribution is -0.142. The molecular weight excluding hydrogens is 270 g/mol. The summed E-state index contributed by atoms with van der Waals surface area (Å²) in [5.41, 5.74) is 5.29. The van der Waals surface area contributed by atoms with Crippen molar-refractivity contribution in [2.45, 2.75) is 39.2 Å². The molecule has 0 aliphatic carbocycles. The molecule has 6 nitrogen and oxygen atoms in total. The van der Waals surface area contributed by atoms with Gasteiger partial charge in [-0.25, -0.2) is 0 Å². The number of nitrogens with one attached hydrogen (secondary N) is 1. The molecule has 21 heavy (non-hydrogen) atoms. The molecule has 1 rings (SSSR count). The second-order valence-corrected chi connectivity index (χ2v) is 6.38. The molecule has 1 aliphatic heterocycles. The van der Waals surface area contributed by atoms with E-state index in [2.05, 4.69) is 19.2 Å². The van der Waals surface area contributed by atoms with Gasteiger partial charge >= 0.3 is 5.97 Å². The maximum absolute atomic E-state index is 11.5. The first-order valence-corrected chi connectivity index (χ1v) is 7.71. The quantitative estimate of drug-likeness (QED) is 0.632. The van der Waals surface area contributed by atoms with Gasteiger partial charge in [0.15, 0.2) is 0 Å². The van der Waals surface area contributed by atoms with Crippen LogP contribution in [0.4, 0.5) is 0 Å². The average Bonchev–Trinajstić information content (AvgIpc) is 2.37. The molecule has 2 atom stereocenters. The Hall–Kier alpha value is -1.14. The van der Waals surface area contributed by atoms with Gasteiger partial charge in [0, 0.05) is 25.6 Å². The highest BCUT2D eigenvalue weighted by atomic mass is 16.5. The predicted molar refractivity (Wildman–Crippen MR) is 81.6 cm³/mol. The number of methoxy groups -OCH3 is 1. The molecule has 0 aromatic heterocycles. The Labute approximate surface area is 127 Å². The van der Waals surface area contributed by atoms with Crippen LogP contribution in [0.3, 0.4) is 0 Å². The van der Waals surface area contributed by atoms with Crippen molar-refractivity contribution in [3.05, 3.63) is 0 Å². The molecule has 6 heteroatoms. The number of likely N-dealkylation sites (tertiary alicyclic amines) is 1. The normalized spacial score (nSPS) is 23.2. The average molecular weight is 299 g/mol. The van der Waals surface area contributed by atoms with Crippen molar-refractivity contribution < 1.29 is 14.3 Å². The Kier molecular flexibility index (Phi) is 7.67. The standard InChI is InChI=1S/C15H29N3O3/c1-11(2)4-5-17-13-6-12(7-15(20)21-3)8-18(9-13)10-14(16)19/h11-13,17H,4-10H2,1-3H3,(H2,16,19). The van der Waals surface area contributed by atoms with E-state index in [1.807, 2.05) is 4.90 Å². The van der Waals surface area contributed by atoms with Gasteiger partial charge < -0.3 is 15.8 Å². The summed E-state index contributed by atoms with van der Waals surface area (Å²) >= 11 is 0. The number of nitrogens with two attached hydrogens (primary N) is 1. The van der Waals surface area contributed by atoms with E-state index in [4.69, 9.17) is 10.5 Å². The minimum absolute atomic E-state index is 0.193. The number of rotatable bonds is 8. The van der Waals surface area contributed by atoms with Gasteiger partial charge in [-0.1, -0.05) is 13.8 Å². The van der Waals surface area contributed by atoms with Crippen molar-refractivity contribution in [1.29, 1.82) is 0 Å². The van der Waals surface area contributed by atoms with E-state index >= 15 is 0 Å². The number of ether oxygens (including phenoxy) is 1. The fourth-order valence-corrected chi connectivity index (χ4v) is 2.84. The maximum atomic E-state index is 11.5. The van der Waals surface area contributed by atoms with Gasteiger partial charge in [0.1, 0.15) is 0 Å². The minimum atomic E-state index is -0.324. The van der Waals surface area contributed by atoms with Gasteiger partial charge in [-0.2, -0.15) is 0 Å². The molecule has 2 unspecified atom stereocenters. The van der Waals surface area contributed by atoms with Crippen molar-refractivity contribution in [3.8, 4) is 0 Å². The van der Waals surface area contributed by atoms with Crippen LogP contribution in [0.5, 0.6) is 0 Å². The first-order valence-electron chi connectivity index (χ1n) is 7.71. The van der Waals surface area contributed by atoms with Crippen LogP contribution in [0.1, 0.15) is 33.1 Å². The highest BCUT2D eigenvalue weighted by molar-refractivity contribution is 5.76. The summed E-state index contributed by atoms with van der Waals surface area (Å²) in [4.78, 5) is 24.6. The Morgan fingerprint density at radius 3 is 2.67 bits per heavy atom. The lowest BCUT2D eigenvalue weighted by Crippen LogP contribution is -2.51. The highest BCUT2D eigenvalue weighted by Gasteiger charge is 2.29. The zero-order chi connectivity index (χ0) is 15.8. The van der Waals surface area contributed by atoms with Gasteiger partial charge in [0.25, 0.3) is 0 Å². The summed E-state index contributed by atoms with van der Waals surface area (Å²) < 4.78 is 4.75. The Morgan fingerprint density at radius 1 is 1.38 bits per heavy atom. The molecule has 0 aromatic carbocycles. The van der Waals surface area contributed by atoms with E-state index in [0.29, 0.717) is 18.4 Å². The number of hydrogen-bond acceptors (Lipinski definition) is 5. The Balaban J connectivity index is 2.52. The van der Waals surface area contributed by atoms with Crippen LogP contribution in [-0.2, 0) is 14.3 Å². The zero-order valence-corrected chi connectivity index (χ0v) is 13.4. The van der Waals surface area contributed by atoms with E-state index in [0.717, 1.165) is 32.5 Å². The fraction of sp³-hybridized carbons (Fsp3) is 0.867. The summed E-state index contributed by atoms with van der Waals surface area (Å²) in [5.74, 6) is 0.354. The molecule has 3 N–H and O–H groups in total. The number of amides is 1. The smallest absolute Gasteiger partial charge is 0.305 e. The van der Waals surface area contributed by atoms with Gasteiger partial charge in [-0.05, 0) is 31.2 Å². The zero-order valence-electron chi connectivity index (χ0n) is 13.4. The molecule has 1 fully saturated rings. The minimum Gasteiger partial charge on any atom is -0.469 e. The van der Waals surface area contributed by atoms with Crippen LogP contribution in [0, 0.1) is 11.8 Å². The van der Waals surface area contributed by atoms with E-state index in [9.17, 15) is 9.59 Å². The Bertz CT molecular complexity index is 347. The number of carbonyl (C=O) groups excluding carboxylic acids is 2. The van der Waals surface area contributed by atoms with Crippen molar-refractivity contribution in [1.82, 2.24) is 10.2 Å². The first kappa shape index (κ1) is 17.9. The highest BCUT2D eigenvalue weighted by Crippen LogP contribution is 2.20. The number of hydrogen-bond donors (Lipinski definition) is 2. The molecular formula is C15H29N3O3. The molecule has 1 heterocycles. The third-order valence-electron chi connectivity index (χ3n) is 3.83. The molecule has 0 aromatic rings. The van der Waals surface area contributed by atoms with Crippen LogP contribution in [0.2, 0.25) is 0 Å². The van der Waals surface area contributed by atoms with Crippen LogP contribution in [-0.4, -0.2) is 56.1 Å². The second-order valence-electron chi connectivity index (χ2n) is 6.38.